The number of hydrogen-bond acceptors (Lipinski definition) is 2. The number of halogens is 3. The van der Waals surface area contributed by atoms with Gasteiger partial charge < -0.3 is 5.32 Å². The first kappa shape index (κ1) is 14.3. The number of nitrogens with zero attached hydrogens (tertiary/aromatic N) is 1. The van der Waals surface area contributed by atoms with Crippen LogP contribution in [0.15, 0.2) is 18.3 Å². The van der Waals surface area contributed by atoms with Crippen LogP contribution in [0.3, 0.4) is 0 Å². The molecule has 1 aromatic rings. The van der Waals surface area contributed by atoms with Gasteiger partial charge in [0.05, 0.1) is 5.69 Å². The van der Waals surface area contributed by atoms with Crippen LogP contribution in [0.25, 0.3) is 0 Å². The van der Waals surface area contributed by atoms with Gasteiger partial charge in [-0.15, -0.1) is 12.4 Å². The van der Waals surface area contributed by atoms with E-state index in [-0.39, 0.29) is 12.4 Å². The quantitative estimate of drug-likeness (QED) is 0.906. The zero-order chi connectivity index (χ0) is 11.4. The molecule has 1 fully saturated rings. The van der Waals surface area contributed by atoms with Crippen LogP contribution in [-0.4, -0.2) is 23.7 Å². The van der Waals surface area contributed by atoms with Crippen molar-refractivity contribution in [3.63, 3.8) is 0 Å². The summed E-state index contributed by atoms with van der Waals surface area (Å²) < 4.78 is 26.5. The van der Waals surface area contributed by atoms with Crippen molar-refractivity contribution in [3.05, 3.63) is 29.6 Å². The molecule has 0 unspecified atom stereocenters. The standard InChI is InChI=1S/C12H16F2N2.ClH/c13-8-11-2-1-10(9-16-11)7-12(14)3-5-15-6-4-12;/h1-2,9,15H,3-8H2;1H. The Morgan fingerprint density at radius 1 is 1.29 bits per heavy atom. The van der Waals surface area contributed by atoms with E-state index >= 15 is 0 Å². The van der Waals surface area contributed by atoms with Crippen LogP contribution in [0.2, 0.25) is 0 Å². The van der Waals surface area contributed by atoms with Crippen molar-refractivity contribution in [2.24, 2.45) is 0 Å². The van der Waals surface area contributed by atoms with Gasteiger partial charge in [-0.3, -0.25) is 4.98 Å². The number of nitrogens with one attached hydrogen (secondary N) is 1. The summed E-state index contributed by atoms with van der Waals surface area (Å²) >= 11 is 0. The van der Waals surface area contributed by atoms with Gasteiger partial charge in [0.1, 0.15) is 12.3 Å². The number of pyridine rings is 1. The first-order valence-electron chi connectivity index (χ1n) is 5.61. The van der Waals surface area contributed by atoms with Crippen molar-refractivity contribution >= 4 is 12.4 Å². The molecule has 17 heavy (non-hydrogen) atoms. The molecule has 1 saturated heterocycles. The minimum atomic E-state index is -1.12. The summed E-state index contributed by atoms with van der Waals surface area (Å²) in [7, 11) is 0. The predicted molar refractivity (Wildman–Crippen MR) is 65.9 cm³/mol. The highest BCUT2D eigenvalue weighted by atomic mass is 35.5. The van der Waals surface area contributed by atoms with Gasteiger partial charge in [-0.25, -0.2) is 8.78 Å². The van der Waals surface area contributed by atoms with Crippen LogP contribution >= 0.6 is 12.4 Å². The topological polar surface area (TPSA) is 24.9 Å². The lowest BCUT2D eigenvalue weighted by Crippen LogP contribution is -2.40. The molecule has 0 aromatic carbocycles. The summed E-state index contributed by atoms with van der Waals surface area (Å²) in [6.45, 7) is 0.893. The van der Waals surface area contributed by atoms with Crippen molar-refractivity contribution in [1.82, 2.24) is 10.3 Å². The van der Waals surface area contributed by atoms with E-state index in [4.69, 9.17) is 0 Å². The normalized spacial score (nSPS) is 18.5. The predicted octanol–water partition coefficient (Wildman–Crippen LogP) is 2.61. The van der Waals surface area contributed by atoms with Gasteiger partial charge in [-0.1, -0.05) is 6.07 Å². The summed E-state index contributed by atoms with van der Waals surface area (Å²) in [5.41, 5.74) is 0.132. The molecule has 2 heterocycles. The average Bonchev–Trinajstić information content (AvgIpc) is 2.30. The first-order valence-corrected chi connectivity index (χ1v) is 5.61. The van der Waals surface area contributed by atoms with Gasteiger partial charge in [0.15, 0.2) is 0 Å². The summed E-state index contributed by atoms with van der Waals surface area (Å²) in [6, 6.07) is 3.39. The molecule has 5 heteroatoms. The summed E-state index contributed by atoms with van der Waals surface area (Å²) in [6.07, 6.45) is 3.04. The Kier molecular flexibility index (Phi) is 5.28. The number of piperidine rings is 1. The maximum absolute atomic E-state index is 14.3. The Labute approximate surface area is 106 Å². The smallest absolute Gasteiger partial charge is 0.131 e. The maximum Gasteiger partial charge on any atom is 0.131 e. The van der Waals surface area contributed by atoms with Crippen molar-refractivity contribution in [3.8, 4) is 0 Å². The number of aromatic nitrogens is 1. The van der Waals surface area contributed by atoms with Crippen molar-refractivity contribution in [2.75, 3.05) is 13.1 Å². The second-order valence-electron chi connectivity index (χ2n) is 4.37. The van der Waals surface area contributed by atoms with E-state index in [9.17, 15) is 8.78 Å². The highest BCUT2D eigenvalue weighted by molar-refractivity contribution is 5.85. The van der Waals surface area contributed by atoms with Gasteiger partial charge >= 0.3 is 0 Å². The summed E-state index contributed by atoms with van der Waals surface area (Å²) in [5.74, 6) is 0. The molecular weight excluding hydrogens is 246 g/mol. The molecule has 1 aliphatic rings. The molecular formula is C12H17ClF2N2. The van der Waals surface area contributed by atoms with E-state index in [1.807, 2.05) is 0 Å². The van der Waals surface area contributed by atoms with Gasteiger partial charge in [0.2, 0.25) is 0 Å². The first-order chi connectivity index (χ1) is 7.72. The van der Waals surface area contributed by atoms with Crippen LogP contribution in [0.4, 0.5) is 8.78 Å². The van der Waals surface area contributed by atoms with Crippen LogP contribution in [0, 0.1) is 0 Å². The molecule has 0 amide bonds. The molecule has 0 radical (unpaired) electrons. The molecule has 0 spiro atoms. The average molecular weight is 263 g/mol. The molecule has 96 valence electrons. The Hall–Kier alpha value is -0.740. The highest BCUT2D eigenvalue weighted by Gasteiger charge is 2.31. The van der Waals surface area contributed by atoms with E-state index in [2.05, 4.69) is 10.3 Å². The number of alkyl halides is 2. The van der Waals surface area contributed by atoms with E-state index in [0.717, 1.165) is 18.7 Å². The minimum Gasteiger partial charge on any atom is -0.316 e. The van der Waals surface area contributed by atoms with Gasteiger partial charge in [-0.05, 0) is 37.6 Å². The van der Waals surface area contributed by atoms with Crippen molar-refractivity contribution in [1.29, 1.82) is 0 Å². The number of rotatable bonds is 3. The third kappa shape index (κ3) is 3.89. The van der Waals surface area contributed by atoms with E-state index in [1.165, 1.54) is 0 Å². The van der Waals surface area contributed by atoms with Crippen molar-refractivity contribution in [2.45, 2.75) is 31.6 Å². The molecule has 0 aliphatic carbocycles. The van der Waals surface area contributed by atoms with Crippen LogP contribution < -0.4 is 5.32 Å². The van der Waals surface area contributed by atoms with Crippen LogP contribution in [0.1, 0.15) is 24.1 Å². The zero-order valence-corrected chi connectivity index (χ0v) is 10.4. The minimum absolute atomic E-state index is 0. The largest absolute Gasteiger partial charge is 0.316 e. The van der Waals surface area contributed by atoms with Crippen molar-refractivity contribution < 1.29 is 8.78 Å². The van der Waals surface area contributed by atoms with E-state index in [1.54, 1.807) is 18.3 Å². The molecule has 1 aliphatic heterocycles. The summed E-state index contributed by atoms with van der Waals surface area (Å²) in [5, 5.41) is 3.14. The van der Waals surface area contributed by atoms with Crippen LogP contribution in [0.5, 0.6) is 0 Å². The molecule has 1 aromatic heterocycles. The Bertz CT molecular complexity index is 337. The SMILES string of the molecule is Cl.FCc1ccc(CC2(F)CCNCC2)cn1. The summed E-state index contributed by atoms with van der Waals surface area (Å²) in [4.78, 5) is 3.94. The van der Waals surface area contributed by atoms with Gasteiger partial charge in [0.25, 0.3) is 0 Å². The fraction of sp³-hybridized carbons (Fsp3) is 0.583. The highest BCUT2D eigenvalue weighted by Crippen LogP contribution is 2.27. The Balaban J connectivity index is 0.00000144. The fourth-order valence-electron chi connectivity index (χ4n) is 2.06. The second kappa shape index (κ2) is 6.26. The van der Waals surface area contributed by atoms with Gasteiger partial charge in [-0.2, -0.15) is 0 Å². The third-order valence-electron chi connectivity index (χ3n) is 3.04. The fourth-order valence-corrected chi connectivity index (χ4v) is 2.06. The third-order valence-corrected chi connectivity index (χ3v) is 3.04. The van der Waals surface area contributed by atoms with E-state index in [0.29, 0.717) is 25.0 Å². The monoisotopic (exact) mass is 262 g/mol. The van der Waals surface area contributed by atoms with Gasteiger partial charge in [0, 0.05) is 12.6 Å². The van der Waals surface area contributed by atoms with Crippen LogP contribution in [-0.2, 0) is 13.1 Å². The molecule has 2 nitrogen and oxygen atoms in total. The molecule has 0 saturated carbocycles. The second-order valence-corrected chi connectivity index (χ2v) is 4.37. The lowest BCUT2D eigenvalue weighted by molar-refractivity contribution is 0.116. The molecule has 0 bridgehead atoms. The lowest BCUT2D eigenvalue weighted by Gasteiger charge is -2.30. The maximum atomic E-state index is 14.3. The number of hydrogen-bond donors (Lipinski definition) is 1. The molecule has 0 atom stereocenters. The molecule has 1 N–H and O–H groups in total. The lowest BCUT2D eigenvalue weighted by atomic mass is 9.88. The van der Waals surface area contributed by atoms with E-state index < -0.39 is 12.3 Å². The Morgan fingerprint density at radius 2 is 2.00 bits per heavy atom. The Morgan fingerprint density at radius 3 is 2.53 bits per heavy atom. The zero-order valence-electron chi connectivity index (χ0n) is 9.59. The molecule has 2 rings (SSSR count).